The Morgan fingerprint density at radius 1 is 1.16 bits per heavy atom. The number of hydrogen-bond donors (Lipinski definition) is 2. The number of aromatic nitrogens is 1. The Bertz CT molecular complexity index is 1190. The average Bonchev–Trinajstić information content (AvgIpc) is 3.18. The van der Waals surface area contributed by atoms with Gasteiger partial charge >= 0.3 is 6.09 Å². The van der Waals surface area contributed by atoms with E-state index in [1.165, 1.54) is 4.90 Å². The predicted molar refractivity (Wildman–Crippen MR) is 132 cm³/mol. The van der Waals surface area contributed by atoms with Gasteiger partial charge in [0.05, 0.1) is 24.6 Å². The lowest BCUT2D eigenvalue weighted by molar-refractivity contribution is -0.120. The van der Waals surface area contributed by atoms with Crippen molar-refractivity contribution in [3.8, 4) is 5.88 Å². The van der Waals surface area contributed by atoms with Crippen LogP contribution in [0.5, 0.6) is 5.88 Å². The van der Waals surface area contributed by atoms with Crippen LogP contribution in [0.3, 0.4) is 0 Å². The number of nitrogens with one attached hydrogen (secondary N) is 1. The quantitative estimate of drug-likeness (QED) is 0.631. The third-order valence-corrected chi connectivity index (χ3v) is 7.75. The zero-order valence-electron chi connectivity index (χ0n) is 20.9. The highest BCUT2D eigenvalue weighted by Crippen LogP contribution is 2.47. The number of benzene rings is 1. The number of fused-ring (bicyclic) bond motifs is 1. The van der Waals surface area contributed by atoms with Crippen molar-refractivity contribution in [3.05, 3.63) is 53.2 Å². The first-order valence-corrected chi connectivity index (χ1v) is 12.6. The predicted octanol–water partition coefficient (Wildman–Crippen LogP) is 3.29. The van der Waals surface area contributed by atoms with Crippen molar-refractivity contribution in [2.75, 3.05) is 45.2 Å². The molecule has 2 fully saturated rings. The maximum absolute atomic E-state index is 14.4. The molecule has 2 N–H and O–H groups in total. The molecule has 0 spiro atoms. The second-order valence-corrected chi connectivity index (χ2v) is 9.83. The summed E-state index contributed by atoms with van der Waals surface area (Å²) in [5.74, 6) is -3.33. The van der Waals surface area contributed by atoms with Crippen molar-refractivity contribution in [2.24, 2.45) is 0 Å². The molecular weight excluding hydrogens is 484 g/mol. The zero-order valence-corrected chi connectivity index (χ0v) is 20.9. The van der Waals surface area contributed by atoms with E-state index >= 15 is 0 Å². The van der Waals surface area contributed by atoms with E-state index in [9.17, 15) is 23.5 Å². The number of halogens is 2. The number of carboxylic acid groups (broad SMARTS) is 1. The van der Waals surface area contributed by atoms with Crippen molar-refractivity contribution in [3.63, 3.8) is 0 Å². The van der Waals surface area contributed by atoms with Gasteiger partial charge in [0.25, 0.3) is 0 Å². The minimum Gasteiger partial charge on any atom is -0.478 e. The van der Waals surface area contributed by atoms with Crippen LogP contribution in [-0.2, 0) is 4.79 Å². The van der Waals surface area contributed by atoms with Gasteiger partial charge in [-0.2, -0.15) is 0 Å². The van der Waals surface area contributed by atoms with Gasteiger partial charge < -0.3 is 25.0 Å². The number of piperidine rings is 1. The number of piperazine rings is 1. The molecule has 3 aliphatic heterocycles. The normalized spacial score (nSPS) is 25.1. The number of pyridine rings is 1. The molecule has 3 atom stereocenters. The standard InChI is InChI=1S/C26H31F2N5O4/c1-3-37-25-16(5-4-8-29-25)22-23(21-17-13-18(27)19(28)14-20(17)30-24(21)34)33(26(35)36)12-11-32(22)15-6-9-31(2)10-7-15/h4-5,8,13-15,21-23H,3,6-7,9-12H2,1-2H3,(H,30,34)(H,35,36). The monoisotopic (exact) mass is 515 g/mol. The molecule has 11 heteroatoms. The summed E-state index contributed by atoms with van der Waals surface area (Å²) in [4.78, 5) is 36.2. The SMILES string of the molecule is CCOc1ncccc1C1C(C2C(=O)Nc3cc(F)c(F)cc32)N(C(=O)O)CCN1C1CCN(C)CC1. The molecule has 0 radical (unpaired) electrons. The summed E-state index contributed by atoms with van der Waals surface area (Å²) in [5, 5.41) is 12.9. The molecule has 3 unspecified atom stereocenters. The fraction of sp³-hybridized carbons (Fsp3) is 0.500. The fourth-order valence-corrected chi connectivity index (χ4v) is 6.07. The molecule has 37 heavy (non-hydrogen) atoms. The van der Waals surface area contributed by atoms with Gasteiger partial charge in [0.15, 0.2) is 11.6 Å². The van der Waals surface area contributed by atoms with Gasteiger partial charge in [0.1, 0.15) is 0 Å². The first-order valence-electron chi connectivity index (χ1n) is 12.6. The molecule has 0 saturated carbocycles. The van der Waals surface area contributed by atoms with E-state index in [0.717, 1.165) is 38.1 Å². The Morgan fingerprint density at radius 2 is 1.89 bits per heavy atom. The third kappa shape index (κ3) is 4.61. The van der Waals surface area contributed by atoms with Crippen LogP contribution in [0.15, 0.2) is 30.5 Å². The van der Waals surface area contributed by atoms with Crippen LogP contribution in [0, 0.1) is 11.6 Å². The number of nitrogens with zero attached hydrogens (tertiary/aromatic N) is 4. The van der Waals surface area contributed by atoms with Crippen molar-refractivity contribution < 1.29 is 28.2 Å². The largest absolute Gasteiger partial charge is 0.478 e. The summed E-state index contributed by atoms with van der Waals surface area (Å²) < 4.78 is 34.3. The lowest BCUT2D eigenvalue weighted by Gasteiger charge is -2.52. The molecule has 4 heterocycles. The van der Waals surface area contributed by atoms with Crippen LogP contribution in [0.25, 0.3) is 0 Å². The van der Waals surface area contributed by atoms with E-state index in [1.54, 1.807) is 12.3 Å². The number of likely N-dealkylation sites (tertiary alicyclic amines) is 1. The smallest absolute Gasteiger partial charge is 0.407 e. The maximum atomic E-state index is 14.4. The van der Waals surface area contributed by atoms with Crippen LogP contribution < -0.4 is 10.1 Å². The molecule has 0 aliphatic carbocycles. The summed E-state index contributed by atoms with van der Waals surface area (Å²) in [6.45, 7) is 4.62. The first-order chi connectivity index (χ1) is 17.8. The Morgan fingerprint density at radius 3 is 2.59 bits per heavy atom. The van der Waals surface area contributed by atoms with Gasteiger partial charge in [-0.3, -0.25) is 9.69 Å². The highest BCUT2D eigenvalue weighted by Gasteiger charge is 2.52. The molecule has 198 valence electrons. The van der Waals surface area contributed by atoms with Gasteiger partial charge in [-0.05, 0) is 57.6 Å². The highest BCUT2D eigenvalue weighted by atomic mass is 19.2. The second kappa shape index (κ2) is 10.2. The molecular formula is C26H31F2N5O4. The number of ether oxygens (including phenoxy) is 1. The average molecular weight is 516 g/mol. The van der Waals surface area contributed by atoms with Crippen LogP contribution in [0.4, 0.5) is 19.3 Å². The maximum Gasteiger partial charge on any atom is 0.407 e. The Hall–Kier alpha value is -3.31. The van der Waals surface area contributed by atoms with Crippen molar-refractivity contribution in [2.45, 2.75) is 43.8 Å². The molecule has 0 bridgehead atoms. The summed E-state index contributed by atoms with van der Waals surface area (Å²) >= 11 is 0. The van der Waals surface area contributed by atoms with E-state index in [0.29, 0.717) is 24.6 Å². The summed E-state index contributed by atoms with van der Waals surface area (Å²) in [5.41, 5.74) is 1.07. The topological polar surface area (TPSA) is 98.2 Å². The molecule has 3 aliphatic rings. The molecule has 1 aromatic heterocycles. The van der Waals surface area contributed by atoms with Crippen LogP contribution in [0.2, 0.25) is 0 Å². The van der Waals surface area contributed by atoms with Crippen LogP contribution in [0.1, 0.15) is 42.9 Å². The molecule has 2 aromatic rings. The van der Waals surface area contributed by atoms with Crippen molar-refractivity contribution in [1.82, 2.24) is 19.7 Å². The van der Waals surface area contributed by atoms with E-state index in [1.807, 2.05) is 13.0 Å². The number of carbonyl (C=O) groups excluding carboxylic acids is 1. The highest BCUT2D eigenvalue weighted by molar-refractivity contribution is 6.03. The van der Waals surface area contributed by atoms with Crippen LogP contribution >= 0.6 is 0 Å². The lowest BCUT2D eigenvalue weighted by Crippen LogP contribution is -2.62. The summed E-state index contributed by atoms with van der Waals surface area (Å²) in [7, 11) is 2.07. The molecule has 1 aromatic carbocycles. The Labute approximate surface area is 214 Å². The Balaban J connectivity index is 1.67. The molecule has 2 saturated heterocycles. The fourth-order valence-electron chi connectivity index (χ4n) is 6.07. The van der Waals surface area contributed by atoms with Gasteiger partial charge in [0.2, 0.25) is 11.8 Å². The van der Waals surface area contributed by atoms with Gasteiger partial charge in [0, 0.05) is 42.6 Å². The Kier molecular flexibility index (Phi) is 7.00. The molecule has 9 nitrogen and oxygen atoms in total. The van der Waals surface area contributed by atoms with Crippen LogP contribution in [-0.4, -0.2) is 88.7 Å². The van der Waals surface area contributed by atoms with Crippen molar-refractivity contribution >= 4 is 17.7 Å². The summed E-state index contributed by atoms with van der Waals surface area (Å²) in [6.07, 6.45) is 2.19. The number of amides is 2. The van der Waals surface area contributed by atoms with Crippen molar-refractivity contribution in [1.29, 1.82) is 0 Å². The number of rotatable bonds is 5. The van der Waals surface area contributed by atoms with Gasteiger partial charge in [-0.25, -0.2) is 18.6 Å². The minimum absolute atomic E-state index is 0.142. The van der Waals surface area contributed by atoms with E-state index in [2.05, 4.69) is 27.1 Å². The number of anilines is 1. The first kappa shape index (κ1) is 25.3. The van der Waals surface area contributed by atoms with E-state index < -0.39 is 41.6 Å². The number of carbonyl (C=O) groups is 2. The zero-order chi connectivity index (χ0) is 26.3. The molecule has 5 rings (SSSR count). The minimum atomic E-state index is -1.18. The summed E-state index contributed by atoms with van der Waals surface area (Å²) in [6, 6.07) is 4.20. The van der Waals surface area contributed by atoms with E-state index in [-0.39, 0.29) is 23.8 Å². The lowest BCUT2D eigenvalue weighted by atomic mass is 9.80. The van der Waals surface area contributed by atoms with Gasteiger partial charge in [-0.15, -0.1) is 0 Å². The number of hydrogen-bond acceptors (Lipinski definition) is 6. The third-order valence-electron chi connectivity index (χ3n) is 7.75. The van der Waals surface area contributed by atoms with Gasteiger partial charge in [-0.1, -0.05) is 6.07 Å². The molecule has 2 amide bonds. The van der Waals surface area contributed by atoms with E-state index in [4.69, 9.17) is 4.74 Å². The second-order valence-electron chi connectivity index (χ2n) is 9.83.